The molecule has 1 aromatic rings. The molecular weight excluding hydrogens is 374 g/mol. The third-order valence-electron chi connectivity index (χ3n) is 4.08. The molecule has 0 unspecified atom stereocenters. The van der Waals surface area contributed by atoms with Crippen LogP contribution in [0.15, 0.2) is 29.2 Å². The van der Waals surface area contributed by atoms with Crippen LogP contribution in [0.5, 0.6) is 0 Å². The number of para-hydroxylation sites is 1. The minimum atomic E-state index is -4.08. The second-order valence-corrected chi connectivity index (χ2v) is 9.33. The van der Waals surface area contributed by atoms with Crippen LogP contribution in [0.3, 0.4) is 0 Å². The Morgan fingerprint density at radius 1 is 1.26 bits per heavy atom. The Hall–Kier alpha value is -2.20. The number of carbonyl (C=O) groups excluding carboxylic acids is 1. The molecule has 0 N–H and O–H groups in total. The van der Waals surface area contributed by atoms with Gasteiger partial charge in [0.15, 0.2) is 4.90 Å². The van der Waals surface area contributed by atoms with Gasteiger partial charge in [-0.1, -0.05) is 12.1 Å². The van der Waals surface area contributed by atoms with Crippen molar-refractivity contribution in [2.75, 3.05) is 19.6 Å². The zero-order valence-corrected chi connectivity index (χ0v) is 16.7. The maximum absolute atomic E-state index is 13.1. The lowest BCUT2D eigenvalue weighted by Gasteiger charge is -2.29. The van der Waals surface area contributed by atoms with Crippen LogP contribution in [0, 0.1) is 10.1 Å². The Bertz CT molecular complexity index is 818. The standard InChI is InChI=1S/C17H25N3O6S/c1-13-12-18(16(21)26-17(2,3)4)10-7-11-19(13)27(24,25)15-9-6-5-8-14(15)20(22)23/h5-6,8-9,13H,7,10-12H2,1-4H3/t13-/m0/s1. The number of hydrogen-bond acceptors (Lipinski definition) is 6. The maximum Gasteiger partial charge on any atom is 0.410 e. The van der Waals surface area contributed by atoms with Crippen LogP contribution in [-0.2, 0) is 14.8 Å². The Morgan fingerprint density at radius 2 is 1.89 bits per heavy atom. The largest absolute Gasteiger partial charge is 0.444 e. The molecule has 1 atom stereocenters. The number of sulfonamides is 1. The van der Waals surface area contributed by atoms with E-state index < -0.39 is 38.4 Å². The van der Waals surface area contributed by atoms with Gasteiger partial charge in [-0.2, -0.15) is 4.31 Å². The number of nitro groups is 1. The van der Waals surface area contributed by atoms with Gasteiger partial charge in [-0.15, -0.1) is 0 Å². The summed E-state index contributed by atoms with van der Waals surface area (Å²) in [7, 11) is -4.08. The minimum Gasteiger partial charge on any atom is -0.444 e. The fourth-order valence-corrected chi connectivity index (χ4v) is 4.76. The van der Waals surface area contributed by atoms with Gasteiger partial charge in [-0.05, 0) is 40.2 Å². The molecule has 0 radical (unpaired) electrons. The molecule has 0 spiro atoms. The summed E-state index contributed by atoms with van der Waals surface area (Å²) >= 11 is 0. The van der Waals surface area contributed by atoms with E-state index in [4.69, 9.17) is 4.74 Å². The van der Waals surface area contributed by atoms with Gasteiger partial charge < -0.3 is 9.64 Å². The fraction of sp³-hybridized carbons (Fsp3) is 0.588. The summed E-state index contributed by atoms with van der Waals surface area (Å²) in [5.41, 5.74) is -1.11. The molecule has 0 bridgehead atoms. The highest BCUT2D eigenvalue weighted by Gasteiger charge is 2.37. The molecular formula is C17H25N3O6S. The van der Waals surface area contributed by atoms with Crippen molar-refractivity contribution >= 4 is 21.8 Å². The van der Waals surface area contributed by atoms with Crippen molar-refractivity contribution in [3.05, 3.63) is 34.4 Å². The zero-order chi connectivity index (χ0) is 20.4. The van der Waals surface area contributed by atoms with Crippen molar-refractivity contribution in [3.63, 3.8) is 0 Å². The Balaban J connectivity index is 2.27. The highest BCUT2D eigenvalue weighted by molar-refractivity contribution is 7.89. The van der Waals surface area contributed by atoms with Gasteiger partial charge in [0, 0.05) is 31.7 Å². The lowest BCUT2D eigenvalue weighted by atomic mass is 10.2. The first kappa shape index (κ1) is 21.1. The van der Waals surface area contributed by atoms with Crippen molar-refractivity contribution in [1.82, 2.24) is 9.21 Å². The molecule has 0 aliphatic carbocycles. The molecule has 1 fully saturated rings. The smallest absolute Gasteiger partial charge is 0.410 e. The zero-order valence-electron chi connectivity index (χ0n) is 15.9. The Labute approximate surface area is 159 Å². The molecule has 1 amide bonds. The maximum atomic E-state index is 13.1. The van der Waals surface area contributed by atoms with Gasteiger partial charge in [0.25, 0.3) is 5.69 Å². The quantitative estimate of drug-likeness (QED) is 0.571. The SMILES string of the molecule is C[C@H]1CN(C(=O)OC(C)(C)C)CCCN1S(=O)(=O)c1ccccc1[N+](=O)[O-]. The molecule has 1 aliphatic heterocycles. The first-order valence-corrected chi connectivity index (χ1v) is 10.1. The van der Waals surface area contributed by atoms with Crippen LogP contribution in [0.25, 0.3) is 0 Å². The molecule has 10 heteroatoms. The summed E-state index contributed by atoms with van der Waals surface area (Å²) in [6.07, 6.45) is -0.0945. The highest BCUT2D eigenvalue weighted by atomic mass is 32.2. The van der Waals surface area contributed by atoms with E-state index in [-0.39, 0.29) is 18.0 Å². The van der Waals surface area contributed by atoms with Gasteiger partial charge in [-0.25, -0.2) is 13.2 Å². The first-order valence-electron chi connectivity index (χ1n) is 8.66. The van der Waals surface area contributed by atoms with Crippen LogP contribution in [0.2, 0.25) is 0 Å². The van der Waals surface area contributed by atoms with Crippen LogP contribution in [-0.4, -0.2) is 59.9 Å². The number of nitrogens with zero attached hydrogens (tertiary/aromatic N) is 3. The van der Waals surface area contributed by atoms with E-state index in [1.54, 1.807) is 27.7 Å². The van der Waals surface area contributed by atoms with Crippen LogP contribution in [0.1, 0.15) is 34.1 Å². The number of nitro benzene ring substituents is 1. The first-order chi connectivity index (χ1) is 12.4. The van der Waals surface area contributed by atoms with Crippen LogP contribution < -0.4 is 0 Å². The molecule has 0 aromatic heterocycles. The van der Waals surface area contributed by atoms with Crippen molar-refractivity contribution in [1.29, 1.82) is 0 Å². The minimum absolute atomic E-state index is 0.148. The molecule has 1 heterocycles. The number of hydrogen-bond donors (Lipinski definition) is 0. The second kappa shape index (κ2) is 7.81. The average molecular weight is 399 g/mol. The molecule has 1 aliphatic rings. The van der Waals surface area contributed by atoms with Crippen molar-refractivity contribution in [3.8, 4) is 0 Å². The topological polar surface area (TPSA) is 110 Å². The third-order valence-corrected chi connectivity index (χ3v) is 6.14. The summed E-state index contributed by atoms with van der Waals surface area (Å²) in [5, 5.41) is 11.2. The van der Waals surface area contributed by atoms with E-state index in [2.05, 4.69) is 0 Å². The predicted octanol–water partition coefficient (Wildman–Crippen LogP) is 2.61. The number of rotatable bonds is 3. The molecule has 1 aromatic carbocycles. The third kappa shape index (κ3) is 4.95. The van der Waals surface area contributed by atoms with E-state index in [0.717, 1.165) is 0 Å². The normalized spacial score (nSPS) is 19.4. The Morgan fingerprint density at radius 3 is 2.48 bits per heavy atom. The van der Waals surface area contributed by atoms with Crippen molar-refractivity contribution < 1.29 is 22.9 Å². The number of carbonyl (C=O) groups is 1. The lowest BCUT2D eigenvalue weighted by Crippen LogP contribution is -2.45. The number of ether oxygens (including phenoxy) is 1. The average Bonchev–Trinajstić information content (AvgIpc) is 2.75. The predicted molar refractivity (Wildman–Crippen MR) is 98.9 cm³/mol. The molecule has 2 rings (SSSR count). The highest BCUT2D eigenvalue weighted by Crippen LogP contribution is 2.28. The summed E-state index contributed by atoms with van der Waals surface area (Å²) in [6.45, 7) is 7.62. The van der Waals surface area contributed by atoms with E-state index >= 15 is 0 Å². The Kier molecular flexibility index (Phi) is 6.10. The number of amides is 1. The molecule has 150 valence electrons. The fourth-order valence-electron chi connectivity index (χ4n) is 2.94. The van der Waals surface area contributed by atoms with E-state index in [0.29, 0.717) is 13.0 Å². The summed E-state index contributed by atoms with van der Waals surface area (Å²) in [4.78, 5) is 24.0. The van der Waals surface area contributed by atoms with Gasteiger partial charge in [0.05, 0.1) is 4.92 Å². The summed E-state index contributed by atoms with van der Waals surface area (Å²) < 4.78 is 32.7. The summed E-state index contributed by atoms with van der Waals surface area (Å²) in [6, 6.07) is 4.73. The molecule has 27 heavy (non-hydrogen) atoms. The summed E-state index contributed by atoms with van der Waals surface area (Å²) in [5.74, 6) is 0. The van der Waals surface area contributed by atoms with Crippen molar-refractivity contribution in [2.45, 2.75) is 50.7 Å². The molecule has 9 nitrogen and oxygen atoms in total. The number of benzene rings is 1. The van der Waals surface area contributed by atoms with Gasteiger partial charge in [0.1, 0.15) is 5.60 Å². The van der Waals surface area contributed by atoms with Gasteiger partial charge in [-0.3, -0.25) is 10.1 Å². The van der Waals surface area contributed by atoms with Crippen molar-refractivity contribution in [2.24, 2.45) is 0 Å². The van der Waals surface area contributed by atoms with E-state index in [1.165, 1.54) is 33.5 Å². The lowest BCUT2D eigenvalue weighted by molar-refractivity contribution is -0.387. The monoisotopic (exact) mass is 399 g/mol. The second-order valence-electron chi connectivity index (χ2n) is 7.47. The van der Waals surface area contributed by atoms with Crippen LogP contribution >= 0.6 is 0 Å². The van der Waals surface area contributed by atoms with E-state index in [9.17, 15) is 23.3 Å². The molecule has 1 saturated heterocycles. The van der Waals surface area contributed by atoms with E-state index in [1.807, 2.05) is 0 Å². The van der Waals surface area contributed by atoms with Gasteiger partial charge in [0.2, 0.25) is 10.0 Å². The molecule has 0 saturated carbocycles. The van der Waals surface area contributed by atoms with Gasteiger partial charge >= 0.3 is 6.09 Å². The van der Waals surface area contributed by atoms with Crippen LogP contribution in [0.4, 0.5) is 10.5 Å².